The molecule has 3 fully saturated rings. The fourth-order valence-electron chi connectivity index (χ4n) is 4.24. The molecule has 4 nitrogen and oxygen atoms in total. The number of ether oxygens (including phenoxy) is 3. The predicted molar refractivity (Wildman–Crippen MR) is 67.2 cm³/mol. The van der Waals surface area contributed by atoms with Crippen LogP contribution in [0.1, 0.15) is 32.6 Å². The van der Waals surface area contributed by atoms with Crippen molar-refractivity contribution in [3.63, 3.8) is 0 Å². The highest BCUT2D eigenvalue weighted by atomic mass is 16.7. The van der Waals surface area contributed by atoms with Crippen LogP contribution in [0, 0.1) is 17.8 Å². The van der Waals surface area contributed by atoms with E-state index in [0.29, 0.717) is 25.0 Å². The van der Waals surface area contributed by atoms with Gasteiger partial charge < -0.3 is 14.2 Å². The van der Waals surface area contributed by atoms with Crippen LogP contribution in [0.5, 0.6) is 0 Å². The maximum Gasteiger partial charge on any atom is 0.313 e. The molecule has 2 aliphatic heterocycles. The number of carbonyl (C=O) groups excluding carboxylic acids is 1. The molecule has 0 amide bonds. The Hall–Kier alpha value is -0.870. The van der Waals surface area contributed by atoms with Gasteiger partial charge in [0.05, 0.1) is 19.1 Å². The van der Waals surface area contributed by atoms with Gasteiger partial charge in [-0.2, -0.15) is 0 Å². The third-order valence-electron chi connectivity index (χ3n) is 5.27. The monoisotopic (exact) mass is 264 g/mol. The minimum atomic E-state index is -0.386. The van der Waals surface area contributed by atoms with E-state index >= 15 is 0 Å². The lowest BCUT2D eigenvalue weighted by atomic mass is 9.68. The summed E-state index contributed by atoms with van der Waals surface area (Å²) in [4.78, 5) is 11.9. The first kappa shape index (κ1) is 11.9. The van der Waals surface area contributed by atoms with Gasteiger partial charge in [0.1, 0.15) is 6.10 Å². The molecule has 104 valence electrons. The molecule has 0 unspecified atom stereocenters. The van der Waals surface area contributed by atoms with Crippen LogP contribution >= 0.6 is 0 Å². The first-order chi connectivity index (χ1) is 9.17. The number of rotatable bonds is 0. The lowest BCUT2D eigenvalue weighted by molar-refractivity contribution is -0.172. The van der Waals surface area contributed by atoms with Crippen molar-refractivity contribution in [3.05, 3.63) is 11.6 Å². The molecule has 0 bridgehead atoms. The number of hydrogen-bond donors (Lipinski definition) is 0. The summed E-state index contributed by atoms with van der Waals surface area (Å²) < 4.78 is 17.0. The van der Waals surface area contributed by atoms with Crippen molar-refractivity contribution in [2.45, 2.75) is 44.5 Å². The summed E-state index contributed by atoms with van der Waals surface area (Å²) in [7, 11) is 0. The third-order valence-corrected chi connectivity index (χ3v) is 5.27. The Kier molecular flexibility index (Phi) is 2.55. The summed E-state index contributed by atoms with van der Waals surface area (Å²) in [5.74, 6) is 0.509. The maximum atomic E-state index is 11.9. The summed E-state index contributed by atoms with van der Waals surface area (Å²) in [5, 5.41) is 0. The standard InChI is InChI=1S/C15H20O4/c1-9-12-6-10-2-3-15(17-4-5-18-15)8-11(10)7-13(12)14(16)19-9/h7,9-10,12-13H,2-6,8H2,1H3/t9-,10+,12-,13-/m1/s1. The fourth-order valence-corrected chi connectivity index (χ4v) is 4.24. The average molecular weight is 264 g/mol. The van der Waals surface area contributed by atoms with Crippen molar-refractivity contribution >= 4 is 5.97 Å². The number of cyclic esters (lactones) is 1. The Balaban J connectivity index is 1.61. The summed E-state index contributed by atoms with van der Waals surface area (Å²) in [5.41, 5.74) is 1.36. The minimum absolute atomic E-state index is 0.0298. The lowest BCUT2D eigenvalue weighted by Gasteiger charge is -2.41. The molecule has 2 heterocycles. The van der Waals surface area contributed by atoms with E-state index in [1.54, 1.807) is 0 Å². The SMILES string of the molecule is C[C@H]1OC(=O)[C@@H]2C=C3CC4(CC[C@H]3C[C@H]12)OCCO4. The Morgan fingerprint density at radius 1 is 1.32 bits per heavy atom. The van der Waals surface area contributed by atoms with Crippen LogP contribution in [0.2, 0.25) is 0 Å². The highest BCUT2D eigenvalue weighted by molar-refractivity contribution is 5.77. The topological polar surface area (TPSA) is 44.8 Å². The molecule has 4 rings (SSSR count). The normalized spacial score (nSPS) is 43.6. The van der Waals surface area contributed by atoms with Gasteiger partial charge >= 0.3 is 5.97 Å². The molecule has 1 spiro atoms. The summed E-state index contributed by atoms with van der Waals surface area (Å²) in [6, 6.07) is 0. The molecule has 2 aliphatic carbocycles. The molecule has 2 saturated heterocycles. The van der Waals surface area contributed by atoms with Gasteiger partial charge in [0.15, 0.2) is 5.79 Å². The summed E-state index contributed by atoms with van der Waals surface area (Å²) in [6.45, 7) is 3.42. The average Bonchev–Trinajstić information content (AvgIpc) is 2.95. The first-order valence-electron chi connectivity index (χ1n) is 7.36. The molecule has 1 saturated carbocycles. The van der Waals surface area contributed by atoms with Crippen molar-refractivity contribution < 1.29 is 19.0 Å². The molecule has 0 aromatic rings. The van der Waals surface area contributed by atoms with Gasteiger partial charge in [0, 0.05) is 18.8 Å². The zero-order valence-corrected chi connectivity index (χ0v) is 11.3. The highest BCUT2D eigenvalue weighted by Gasteiger charge is 2.50. The second-order valence-electron chi connectivity index (χ2n) is 6.33. The Bertz CT molecular complexity index is 435. The van der Waals surface area contributed by atoms with Gasteiger partial charge in [-0.15, -0.1) is 0 Å². The molecular weight excluding hydrogens is 244 g/mol. The number of carbonyl (C=O) groups is 1. The third kappa shape index (κ3) is 1.77. The fraction of sp³-hybridized carbons (Fsp3) is 0.800. The van der Waals surface area contributed by atoms with Gasteiger partial charge in [-0.3, -0.25) is 4.79 Å². The molecular formula is C15H20O4. The maximum absolute atomic E-state index is 11.9. The van der Waals surface area contributed by atoms with E-state index in [1.807, 2.05) is 6.92 Å². The largest absolute Gasteiger partial charge is 0.462 e. The zero-order valence-electron chi connectivity index (χ0n) is 11.3. The minimum Gasteiger partial charge on any atom is -0.462 e. The van der Waals surface area contributed by atoms with Crippen molar-refractivity contribution in [2.75, 3.05) is 13.2 Å². The molecule has 4 atom stereocenters. The van der Waals surface area contributed by atoms with E-state index in [-0.39, 0.29) is 23.8 Å². The van der Waals surface area contributed by atoms with E-state index in [4.69, 9.17) is 14.2 Å². The smallest absolute Gasteiger partial charge is 0.313 e. The molecule has 4 heteroatoms. The Morgan fingerprint density at radius 2 is 2.11 bits per heavy atom. The van der Waals surface area contributed by atoms with Crippen LogP contribution in [0.4, 0.5) is 0 Å². The molecule has 19 heavy (non-hydrogen) atoms. The molecule has 4 aliphatic rings. The van der Waals surface area contributed by atoms with Gasteiger partial charge in [-0.25, -0.2) is 0 Å². The van der Waals surface area contributed by atoms with Crippen LogP contribution in [-0.4, -0.2) is 31.1 Å². The van der Waals surface area contributed by atoms with Crippen molar-refractivity contribution in [3.8, 4) is 0 Å². The quantitative estimate of drug-likeness (QED) is 0.496. The molecule has 0 aromatic heterocycles. The van der Waals surface area contributed by atoms with Crippen LogP contribution in [0.3, 0.4) is 0 Å². The highest BCUT2D eigenvalue weighted by Crippen LogP contribution is 2.49. The van der Waals surface area contributed by atoms with E-state index < -0.39 is 0 Å². The number of esters is 1. The van der Waals surface area contributed by atoms with Crippen LogP contribution in [0.15, 0.2) is 11.6 Å². The van der Waals surface area contributed by atoms with Crippen molar-refractivity contribution in [1.29, 1.82) is 0 Å². The molecule has 0 radical (unpaired) electrons. The number of fused-ring (bicyclic) bond motifs is 2. The Labute approximate surface area is 113 Å². The first-order valence-corrected chi connectivity index (χ1v) is 7.36. The van der Waals surface area contributed by atoms with Crippen molar-refractivity contribution in [1.82, 2.24) is 0 Å². The van der Waals surface area contributed by atoms with Crippen molar-refractivity contribution in [2.24, 2.45) is 17.8 Å². The second-order valence-corrected chi connectivity index (χ2v) is 6.33. The van der Waals surface area contributed by atoms with Gasteiger partial charge in [0.25, 0.3) is 0 Å². The summed E-state index contributed by atoms with van der Waals surface area (Å²) in [6.07, 6.45) is 6.25. The van der Waals surface area contributed by atoms with E-state index in [0.717, 1.165) is 25.7 Å². The Morgan fingerprint density at radius 3 is 2.89 bits per heavy atom. The van der Waals surface area contributed by atoms with E-state index in [1.165, 1.54) is 5.57 Å². The van der Waals surface area contributed by atoms with Gasteiger partial charge in [-0.05, 0) is 25.7 Å². The van der Waals surface area contributed by atoms with Crippen LogP contribution in [0.25, 0.3) is 0 Å². The summed E-state index contributed by atoms with van der Waals surface area (Å²) >= 11 is 0. The van der Waals surface area contributed by atoms with Crippen LogP contribution < -0.4 is 0 Å². The molecule has 0 aromatic carbocycles. The van der Waals surface area contributed by atoms with E-state index in [2.05, 4.69) is 6.08 Å². The van der Waals surface area contributed by atoms with E-state index in [9.17, 15) is 4.79 Å². The molecule has 0 N–H and O–H groups in total. The second kappa shape index (κ2) is 4.06. The van der Waals surface area contributed by atoms with Gasteiger partial charge in [-0.1, -0.05) is 11.6 Å². The predicted octanol–water partition coefficient (Wildman–Crippen LogP) is 2.04. The van der Waals surface area contributed by atoms with Gasteiger partial charge in [0.2, 0.25) is 0 Å². The zero-order chi connectivity index (χ0) is 13.0. The number of hydrogen-bond acceptors (Lipinski definition) is 4. The lowest BCUT2D eigenvalue weighted by Crippen LogP contribution is -2.39. The van der Waals surface area contributed by atoms with Crippen LogP contribution in [-0.2, 0) is 19.0 Å².